The highest BCUT2D eigenvalue weighted by atomic mass is 32.2. The lowest BCUT2D eigenvalue weighted by Gasteiger charge is -2.06. The molecule has 0 saturated heterocycles. The Morgan fingerprint density at radius 1 is 1.14 bits per heavy atom. The summed E-state index contributed by atoms with van der Waals surface area (Å²) in [5.41, 5.74) is 4.87. The van der Waals surface area contributed by atoms with Crippen LogP contribution in [0.15, 0.2) is 52.9 Å². The number of benzene rings is 2. The van der Waals surface area contributed by atoms with E-state index in [1.54, 1.807) is 12.3 Å². The van der Waals surface area contributed by atoms with Gasteiger partial charge in [-0.1, -0.05) is 6.07 Å². The molecule has 3 heteroatoms. The highest BCUT2D eigenvalue weighted by Gasteiger charge is 2.16. The SMILES string of the molecule is CC1=[C]c2cc(F)ccc2/C1=C/c1ccc([S+](C)[O-])cc1. The summed E-state index contributed by atoms with van der Waals surface area (Å²) >= 11 is -0.967. The van der Waals surface area contributed by atoms with Crippen LogP contribution < -0.4 is 0 Å². The molecule has 1 nitrogen and oxygen atoms in total. The van der Waals surface area contributed by atoms with Crippen molar-refractivity contribution < 1.29 is 8.94 Å². The van der Waals surface area contributed by atoms with Crippen molar-refractivity contribution in [3.05, 3.63) is 76.6 Å². The Bertz CT molecular complexity index is 742. The predicted octanol–water partition coefficient (Wildman–Crippen LogP) is 4.21. The first kappa shape index (κ1) is 14.1. The van der Waals surface area contributed by atoms with E-state index < -0.39 is 11.2 Å². The average Bonchev–Trinajstić information content (AvgIpc) is 2.75. The second kappa shape index (κ2) is 5.51. The second-order valence-electron chi connectivity index (χ2n) is 5.02. The van der Waals surface area contributed by atoms with Crippen molar-refractivity contribution >= 4 is 22.8 Å². The van der Waals surface area contributed by atoms with Crippen molar-refractivity contribution in [2.45, 2.75) is 11.8 Å². The molecular weight excluding hydrogens is 283 g/mol. The summed E-state index contributed by atoms with van der Waals surface area (Å²) < 4.78 is 24.7. The Morgan fingerprint density at radius 3 is 2.52 bits per heavy atom. The van der Waals surface area contributed by atoms with Gasteiger partial charge in [-0.2, -0.15) is 0 Å². The standard InChI is InChI=1S/C18H14FOS/c1-12-9-14-11-15(19)5-8-17(14)18(12)10-13-3-6-16(7-4-13)21(2)20/h3-8,10-11H,1-2H3/b18-10+. The number of fused-ring (bicyclic) bond motifs is 1. The van der Waals surface area contributed by atoms with E-state index in [2.05, 4.69) is 12.2 Å². The van der Waals surface area contributed by atoms with E-state index in [9.17, 15) is 8.94 Å². The topological polar surface area (TPSA) is 23.1 Å². The third kappa shape index (κ3) is 2.80. The molecule has 1 aliphatic carbocycles. The largest absolute Gasteiger partial charge is 0.612 e. The van der Waals surface area contributed by atoms with E-state index in [4.69, 9.17) is 0 Å². The highest BCUT2D eigenvalue weighted by molar-refractivity contribution is 7.90. The van der Waals surface area contributed by atoms with E-state index in [0.29, 0.717) is 0 Å². The molecule has 0 bridgehead atoms. The maximum absolute atomic E-state index is 13.3. The zero-order valence-corrected chi connectivity index (χ0v) is 12.6. The van der Waals surface area contributed by atoms with Gasteiger partial charge < -0.3 is 4.55 Å². The summed E-state index contributed by atoms with van der Waals surface area (Å²) in [6.45, 7) is 1.97. The smallest absolute Gasteiger partial charge is 0.152 e. The van der Waals surface area contributed by atoms with Gasteiger partial charge in [0.2, 0.25) is 0 Å². The van der Waals surface area contributed by atoms with Crippen LogP contribution in [-0.2, 0) is 11.2 Å². The van der Waals surface area contributed by atoms with Gasteiger partial charge in [0.25, 0.3) is 0 Å². The molecule has 105 valence electrons. The molecular formula is C18H14FOS. The summed E-state index contributed by atoms with van der Waals surface area (Å²) in [4.78, 5) is 0.810. The van der Waals surface area contributed by atoms with E-state index in [-0.39, 0.29) is 5.82 Å². The molecule has 0 fully saturated rings. The molecule has 2 aromatic carbocycles. The van der Waals surface area contributed by atoms with Gasteiger partial charge >= 0.3 is 0 Å². The molecule has 0 N–H and O–H groups in total. The van der Waals surface area contributed by atoms with Crippen LogP contribution in [0.5, 0.6) is 0 Å². The van der Waals surface area contributed by atoms with Gasteiger partial charge in [0.15, 0.2) is 4.90 Å². The molecule has 0 aliphatic heterocycles. The maximum Gasteiger partial charge on any atom is 0.152 e. The Morgan fingerprint density at radius 2 is 1.86 bits per heavy atom. The fraction of sp³-hybridized carbons (Fsp3) is 0.111. The molecule has 0 aromatic heterocycles. The van der Waals surface area contributed by atoms with Gasteiger partial charge in [0.05, 0.1) is 0 Å². The van der Waals surface area contributed by atoms with Gasteiger partial charge in [-0.3, -0.25) is 0 Å². The average molecular weight is 297 g/mol. The molecule has 1 atom stereocenters. The first-order chi connectivity index (χ1) is 10.0. The predicted molar refractivity (Wildman–Crippen MR) is 84.6 cm³/mol. The van der Waals surface area contributed by atoms with Crippen molar-refractivity contribution in [2.24, 2.45) is 0 Å². The molecule has 0 amide bonds. The third-order valence-corrected chi connectivity index (χ3v) is 4.46. The number of halogens is 1. The fourth-order valence-electron chi connectivity index (χ4n) is 2.43. The zero-order chi connectivity index (χ0) is 15.0. The molecule has 0 spiro atoms. The number of hydrogen-bond acceptors (Lipinski definition) is 1. The van der Waals surface area contributed by atoms with Gasteiger partial charge in [0.1, 0.15) is 12.1 Å². The summed E-state index contributed by atoms with van der Waals surface area (Å²) in [7, 11) is 0. The summed E-state index contributed by atoms with van der Waals surface area (Å²) in [6.07, 6.45) is 6.91. The van der Waals surface area contributed by atoms with Crippen molar-refractivity contribution in [2.75, 3.05) is 6.26 Å². The highest BCUT2D eigenvalue weighted by Crippen LogP contribution is 2.35. The van der Waals surface area contributed by atoms with Crippen molar-refractivity contribution in [3.8, 4) is 0 Å². The molecule has 1 aliphatic rings. The lowest BCUT2D eigenvalue weighted by Crippen LogP contribution is -1.96. The molecule has 0 saturated carbocycles. The number of rotatable bonds is 2. The quantitative estimate of drug-likeness (QED) is 0.761. The van der Waals surface area contributed by atoms with E-state index in [0.717, 1.165) is 32.7 Å². The number of allylic oxidation sites excluding steroid dienone is 2. The van der Waals surface area contributed by atoms with E-state index in [1.807, 2.05) is 31.2 Å². The molecule has 3 rings (SSSR count). The Hall–Kier alpha value is -1.84. The van der Waals surface area contributed by atoms with E-state index >= 15 is 0 Å². The fourth-order valence-corrected chi connectivity index (χ4v) is 2.95. The van der Waals surface area contributed by atoms with Crippen LogP contribution >= 0.6 is 0 Å². The first-order valence-corrected chi connectivity index (χ1v) is 8.16. The van der Waals surface area contributed by atoms with Crippen LogP contribution in [0, 0.1) is 11.9 Å². The lowest BCUT2D eigenvalue weighted by atomic mass is 10.0. The number of hydrogen-bond donors (Lipinski definition) is 0. The third-order valence-electron chi connectivity index (χ3n) is 3.52. The summed E-state index contributed by atoms with van der Waals surface area (Å²) in [5.74, 6) is -0.245. The maximum atomic E-state index is 13.3. The zero-order valence-electron chi connectivity index (χ0n) is 11.8. The summed E-state index contributed by atoms with van der Waals surface area (Å²) in [6, 6.07) is 12.4. The van der Waals surface area contributed by atoms with Crippen LogP contribution in [0.3, 0.4) is 0 Å². The molecule has 1 radical (unpaired) electrons. The minimum Gasteiger partial charge on any atom is -0.612 e. The normalized spacial score (nSPS) is 16.8. The molecule has 2 aromatic rings. The first-order valence-electron chi connectivity index (χ1n) is 6.60. The minimum absolute atomic E-state index is 0.245. The van der Waals surface area contributed by atoms with Crippen LogP contribution in [-0.4, -0.2) is 10.8 Å². The Labute approximate surface area is 127 Å². The van der Waals surface area contributed by atoms with Crippen LogP contribution in [0.25, 0.3) is 11.6 Å². The Kier molecular flexibility index (Phi) is 3.70. The van der Waals surface area contributed by atoms with Gasteiger partial charge in [-0.25, -0.2) is 4.39 Å². The van der Waals surface area contributed by atoms with Crippen molar-refractivity contribution in [1.82, 2.24) is 0 Å². The van der Waals surface area contributed by atoms with Gasteiger partial charge in [-0.15, -0.1) is 0 Å². The van der Waals surface area contributed by atoms with Gasteiger partial charge in [0, 0.05) is 0 Å². The van der Waals surface area contributed by atoms with Crippen LogP contribution in [0.1, 0.15) is 23.6 Å². The van der Waals surface area contributed by atoms with Crippen molar-refractivity contribution in [1.29, 1.82) is 0 Å². The van der Waals surface area contributed by atoms with Gasteiger partial charge in [-0.05, 0) is 94.5 Å². The molecule has 0 heterocycles. The van der Waals surface area contributed by atoms with Crippen LogP contribution in [0.4, 0.5) is 4.39 Å². The molecule has 21 heavy (non-hydrogen) atoms. The second-order valence-corrected chi connectivity index (χ2v) is 6.40. The lowest BCUT2D eigenvalue weighted by molar-refractivity contribution is 0.601. The monoisotopic (exact) mass is 297 g/mol. The van der Waals surface area contributed by atoms with Crippen molar-refractivity contribution in [3.63, 3.8) is 0 Å². The summed E-state index contributed by atoms with van der Waals surface area (Å²) in [5, 5.41) is 0. The Balaban J connectivity index is 1.99. The van der Waals surface area contributed by atoms with Crippen LogP contribution in [0.2, 0.25) is 0 Å². The molecule has 1 unspecified atom stereocenters. The van der Waals surface area contributed by atoms with E-state index in [1.165, 1.54) is 12.1 Å². The minimum atomic E-state index is -0.967.